The van der Waals surface area contributed by atoms with Crippen LogP contribution in [0.3, 0.4) is 0 Å². The Balaban J connectivity index is 3.74. The molecule has 0 aliphatic carbocycles. The minimum atomic E-state index is 0.0984. The molecule has 0 aromatic heterocycles. The molecule has 84 valence electrons. The highest BCUT2D eigenvalue weighted by molar-refractivity contribution is 9.09. The van der Waals surface area contributed by atoms with Crippen molar-refractivity contribution in [2.45, 2.75) is 40.0 Å². The van der Waals surface area contributed by atoms with E-state index in [0.29, 0.717) is 5.92 Å². The molecule has 0 radical (unpaired) electrons. The highest BCUT2D eigenvalue weighted by Crippen LogP contribution is 2.11. The number of hydrogen-bond acceptors (Lipinski definition) is 1. The first-order valence-electron chi connectivity index (χ1n) is 5.45. The average molecular weight is 264 g/mol. The maximum Gasteiger partial charge on any atom is 0.222 e. The number of amides is 1. The number of hydrogen-bond donors (Lipinski definition) is 1. The third-order valence-corrected chi connectivity index (χ3v) is 2.76. The number of rotatable bonds is 7. The van der Waals surface area contributed by atoms with Crippen LogP contribution in [0.1, 0.15) is 40.0 Å². The van der Waals surface area contributed by atoms with Crippen LogP contribution in [0.15, 0.2) is 0 Å². The molecule has 0 aliphatic heterocycles. The van der Waals surface area contributed by atoms with Crippen LogP contribution in [0.4, 0.5) is 0 Å². The Bertz CT molecular complexity index is 153. The first kappa shape index (κ1) is 13.9. The summed E-state index contributed by atoms with van der Waals surface area (Å²) in [6, 6.07) is 0. The molecule has 0 fully saturated rings. The third kappa shape index (κ3) is 6.41. The van der Waals surface area contributed by atoms with Crippen molar-refractivity contribution in [1.82, 2.24) is 5.32 Å². The van der Waals surface area contributed by atoms with Crippen LogP contribution in [0.25, 0.3) is 0 Å². The van der Waals surface area contributed by atoms with Crippen molar-refractivity contribution in [2.24, 2.45) is 11.8 Å². The van der Waals surface area contributed by atoms with E-state index in [-0.39, 0.29) is 11.8 Å². The lowest BCUT2D eigenvalue weighted by atomic mass is 10.0. The maximum atomic E-state index is 11.3. The molecule has 1 unspecified atom stereocenters. The van der Waals surface area contributed by atoms with Gasteiger partial charge in [0.05, 0.1) is 0 Å². The number of carbonyl (C=O) groups excluding carboxylic acids is 1. The molecule has 0 aromatic carbocycles. The lowest BCUT2D eigenvalue weighted by molar-refractivity contribution is -0.124. The molecule has 1 atom stereocenters. The van der Waals surface area contributed by atoms with Crippen LogP contribution in [-0.2, 0) is 4.79 Å². The Morgan fingerprint density at radius 1 is 1.36 bits per heavy atom. The second-order valence-corrected chi connectivity index (χ2v) is 4.83. The van der Waals surface area contributed by atoms with E-state index in [2.05, 4.69) is 28.2 Å². The Hall–Kier alpha value is -0.0500. The summed E-state index contributed by atoms with van der Waals surface area (Å²) in [5, 5.41) is 4.02. The minimum Gasteiger partial charge on any atom is -0.356 e. The van der Waals surface area contributed by atoms with E-state index in [1.165, 1.54) is 12.8 Å². The molecule has 0 aromatic rings. The molecule has 1 N–H and O–H groups in total. The van der Waals surface area contributed by atoms with Gasteiger partial charge in [-0.05, 0) is 18.8 Å². The van der Waals surface area contributed by atoms with E-state index < -0.39 is 0 Å². The smallest absolute Gasteiger partial charge is 0.222 e. The quantitative estimate of drug-likeness (QED) is 0.704. The summed E-state index contributed by atoms with van der Waals surface area (Å²) >= 11 is 3.44. The lowest BCUT2D eigenvalue weighted by Gasteiger charge is -2.16. The van der Waals surface area contributed by atoms with Crippen molar-refractivity contribution in [3.63, 3.8) is 0 Å². The Morgan fingerprint density at radius 3 is 2.43 bits per heavy atom. The zero-order valence-corrected chi connectivity index (χ0v) is 11.1. The van der Waals surface area contributed by atoms with E-state index in [0.717, 1.165) is 18.3 Å². The molecular weight excluding hydrogens is 242 g/mol. The molecule has 0 rings (SSSR count). The highest BCUT2D eigenvalue weighted by atomic mass is 79.9. The van der Waals surface area contributed by atoms with Gasteiger partial charge in [-0.2, -0.15) is 0 Å². The molecule has 0 aliphatic rings. The molecule has 3 heteroatoms. The predicted octanol–water partition coefficient (Wildman–Crippen LogP) is 2.96. The lowest BCUT2D eigenvalue weighted by Crippen LogP contribution is -2.32. The summed E-state index contributed by atoms with van der Waals surface area (Å²) in [5.41, 5.74) is 0. The largest absolute Gasteiger partial charge is 0.356 e. The van der Waals surface area contributed by atoms with E-state index in [1.807, 2.05) is 13.8 Å². The van der Waals surface area contributed by atoms with Crippen LogP contribution in [0.5, 0.6) is 0 Å². The molecule has 0 spiro atoms. The molecule has 14 heavy (non-hydrogen) atoms. The van der Waals surface area contributed by atoms with Crippen molar-refractivity contribution in [2.75, 3.05) is 11.9 Å². The van der Waals surface area contributed by atoms with Gasteiger partial charge in [0, 0.05) is 17.8 Å². The van der Waals surface area contributed by atoms with Gasteiger partial charge in [-0.1, -0.05) is 43.1 Å². The van der Waals surface area contributed by atoms with Gasteiger partial charge < -0.3 is 5.32 Å². The fourth-order valence-electron chi connectivity index (χ4n) is 1.36. The van der Waals surface area contributed by atoms with E-state index in [9.17, 15) is 4.79 Å². The van der Waals surface area contributed by atoms with Gasteiger partial charge in [-0.3, -0.25) is 4.79 Å². The molecule has 0 saturated heterocycles. The standard InChI is InChI=1S/C11H22BrNO/c1-4-5-10(6-7-12)8-13-11(14)9(2)3/h9-10H,4-8H2,1-3H3,(H,13,14). The predicted molar refractivity (Wildman–Crippen MR) is 64.7 cm³/mol. The van der Waals surface area contributed by atoms with Gasteiger partial charge in [0.15, 0.2) is 0 Å². The van der Waals surface area contributed by atoms with Crippen LogP contribution < -0.4 is 5.32 Å². The number of halogens is 1. The highest BCUT2D eigenvalue weighted by Gasteiger charge is 2.10. The monoisotopic (exact) mass is 263 g/mol. The first-order valence-corrected chi connectivity index (χ1v) is 6.57. The van der Waals surface area contributed by atoms with Crippen LogP contribution in [0.2, 0.25) is 0 Å². The average Bonchev–Trinajstić information content (AvgIpc) is 2.14. The van der Waals surface area contributed by atoms with Crippen LogP contribution in [0, 0.1) is 11.8 Å². The molecule has 2 nitrogen and oxygen atoms in total. The van der Waals surface area contributed by atoms with Crippen molar-refractivity contribution in [3.8, 4) is 0 Å². The topological polar surface area (TPSA) is 29.1 Å². The fraction of sp³-hybridized carbons (Fsp3) is 0.909. The molecule has 1 amide bonds. The number of alkyl halides is 1. The number of nitrogens with one attached hydrogen (secondary N) is 1. The summed E-state index contributed by atoms with van der Waals surface area (Å²) in [6.45, 7) is 6.87. The summed E-state index contributed by atoms with van der Waals surface area (Å²) in [5.74, 6) is 0.893. The minimum absolute atomic E-state index is 0.0984. The van der Waals surface area contributed by atoms with Gasteiger partial charge >= 0.3 is 0 Å². The molecule has 0 bridgehead atoms. The van der Waals surface area contributed by atoms with Gasteiger partial charge in [0.2, 0.25) is 5.91 Å². The summed E-state index contributed by atoms with van der Waals surface area (Å²) in [6.07, 6.45) is 3.53. The summed E-state index contributed by atoms with van der Waals surface area (Å²) in [7, 11) is 0. The van der Waals surface area contributed by atoms with Gasteiger partial charge in [-0.25, -0.2) is 0 Å². The molecule has 0 heterocycles. The van der Waals surface area contributed by atoms with Gasteiger partial charge in [0.25, 0.3) is 0 Å². The Morgan fingerprint density at radius 2 is 2.00 bits per heavy atom. The van der Waals surface area contributed by atoms with Gasteiger partial charge in [-0.15, -0.1) is 0 Å². The van der Waals surface area contributed by atoms with E-state index in [4.69, 9.17) is 0 Å². The Kier molecular flexibility index (Phi) is 8.24. The molecular formula is C11H22BrNO. The Labute approximate surface area is 96.0 Å². The molecule has 0 saturated carbocycles. The van der Waals surface area contributed by atoms with Crippen molar-refractivity contribution >= 4 is 21.8 Å². The number of carbonyl (C=O) groups is 1. The summed E-state index contributed by atoms with van der Waals surface area (Å²) in [4.78, 5) is 11.3. The van der Waals surface area contributed by atoms with E-state index >= 15 is 0 Å². The zero-order chi connectivity index (χ0) is 11.0. The van der Waals surface area contributed by atoms with E-state index in [1.54, 1.807) is 0 Å². The third-order valence-electron chi connectivity index (χ3n) is 2.30. The second-order valence-electron chi connectivity index (χ2n) is 4.03. The SMILES string of the molecule is CCCC(CCBr)CNC(=O)C(C)C. The van der Waals surface area contributed by atoms with Gasteiger partial charge in [0.1, 0.15) is 0 Å². The van der Waals surface area contributed by atoms with Crippen molar-refractivity contribution < 1.29 is 4.79 Å². The van der Waals surface area contributed by atoms with Crippen LogP contribution >= 0.6 is 15.9 Å². The fourth-order valence-corrected chi connectivity index (χ4v) is 2.01. The first-order chi connectivity index (χ1) is 6.61. The van der Waals surface area contributed by atoms with Crippen molar-refractivity contribution in [3.05, 3.63) is 0 Å². The van der Waals surface area contributed by atoms with Crippen molar-refractivity contribution in [1.29, 1.82) is 0 Å². The normalized spacial score (nSPS) is 12.9. The zero-order valence-electron chi connectivity index (χ0n) is 9.48. The van der Waals surface area contributed by atoms with Crippen LogP contribution in [-0.4, -0.2) is 17.8 Å². The maximum absolute atomic E-state index is 11.3. The second kappa shape index (κ2) is 8.27. The summed E-state index contributed by atoms with van der Waals surface area (Å²) < 4.78 is 0.